The number of nitrogens with two attached hydrogens (primary N) is 1. The molecule has 3 atom stereocenters. The number of hydrogen-bond donors (Lipinski definition) is 2. The van der Waals surface area contributed by atoms with Crippen LogP contribution in [-0.4, -0.2) is 18.5 Å². The third-order valence-electron chi connectivity index (χ3n) is 4.40. The van der Waals surface area contributed by atoms with Crippen LogP contribution in [0.5, 0.6) is 11.5 Å². The van der Waals surface area contributed by atoms with Crippen molar-refractivity contribution in [1.29, 1.82) is 5.41 Å². The molecule has 2 rings (SSSR count). The number of nitrogens with one attached hydrogen (secondary N) is 1. The number of nitrogen functional groups attached to an aromatic ring is 1. The van der Waals surface area contributed by atoms with Gasteiger partial charge in [0.05, 0.1) is 12.7 Å². The van der Waals surface area contributed by atoms with E-state index in [-0.39, 0.29) is 11.9 Å². The monoisotopic (exact) mass is 290 g/mol. The molecule has 3 unspecified atom stereocenters. The van der Waals surface area contributed by atoms with E-state index in [1.54, 1.807) is 6.07 Å². The first-order valence-corrected chi connectivity index (χ1v) is 7.79. The summed E-state index contributed by atoms with van der Waals surface area (Å²) in [5.41, 5.74) is 6.20. The molecular formula is C17H26N2O2. The van der Waals surface area contributed by atoms with E-state index in [0.29, 0.717) is 23.8 Å². The van der Waals surface area contributed by atoms with E-state index in [9.17, 15) is 0 Å². The Balaban J connectivity index is 2.13. The molecule has 1 aromatic carbocycles. The summed E-state index contributed by atoms with van der Waals surface area (Å²) in [5, 5.41) is 7.52. The van der Waals surface area contributed by atoms with Crippen LogP contribution in [0.15, 0.2) is 18.2 Å². The van der Waals surface area contributed by atoms with Crippen LogP contribution >= 0.6 is 0 Å². The van der Waals surface area contributed by atoms with Gasteiger partial charge in [0.1, 0.15) is 5.84 Å². The largest absolute Gasteiger partial charge is 0.490 e. The van der Waals surface area contributed by atoms with Crippen LogP contribution < -0.4 is 15.2 Å². The van der Waals surface area contributed by atoms with E-state index in [2.05, 4.69) is 13.8 Å². The van der Waals surface area contributed by atoms with Gasteiger partial charge in [-0.3, -0.25) is 5.41 Å². The van der Waals surface area contributed by atoms with E-state index < -0.39 is 0 Å². The van der Waals surface area contributed by atoms with Gasteiger partial charge in [-0.25, -0.2) is 0 Å². The summed E-state index contributed by atoms with van der Waals surface area (Å²) in [6.45, 7) is 7.11. The molecule has 0 spiro atoms. The molecule has 4 heteroatoms. The molecule has 1 aromatic rings. The molecule has 1 aliphatic carbocycles. The predicted octanol–water partition coefficient (Wildman–Crippen LogP) is 3.57. The highest BCUT2D eigenvalue weighted by Gasteiger charge is 2.26. The quantitative estimate of drug-likeness (QED) is 0.643. The topological polar surface area (TPSA) is 68.3 Å². The molecule has 0 aromatic heterocycles. The standard InChI is InChI=1S/C17H26N2O2/c1-4-20-16-10-13(17(18)19)6-8-15(16)21-14-7-5-11(2)12(3)9-14/h6,8,10-12,14H,4-5,7,9H2,1-3H3,(H3,18,19). The van der Waals surface area contributed by atoms with Crippen LogP contribution in [0, 0.1) is 17.2 Å². The van der Waals surface area contributed by atoms with E-state index >= 15 is 0 Å². The van der Waals surface area contributed by atoms with Crippen LogP contribution in [0.1, 0.15) is 45.6 Å². The lowest BCUT2D eigenvalue weighted by molar-refractivity contribution is 0.0969. The van der Waals surface area contributed by atoms with Gasteiger partial charge in [0.15, 0.2) is 11.5 Å². The van der Waals surface area contributed by atoms with Crippen LogP contribution in [0.4, 0.5) is 0 Å². The molecule has 0 heterocycles. The van der Waals surface area contributed by atoms with Crippen molar-refractivity contribution in [3.8, 4) is 11.5 Å². The molecule has 1 saturated carbocycles. The second kappa shape index (κ2) is 6.83. The Morgan fingerprint density at radius 2 is 2.00 bits per heavy atom. The second-order valence-electron chi connectivity index (χ2n) is 6.02. The molecule has 0 aliphatic heterocycles. The lowest BCUT2D eigenvalue weighted by atomic mass is 9.80. The fourth-order valence-electron chi connectivity index (χ4n) is 2.83. The molecule has 0 radical (unpaired) electrons. The van der Waals surface area contributed by atoms with E-state index in [4.69, 9.17) is 20.6 Å². The van der Waals surface area contributed by atoms with Crippen LogP contribution in [0.3, 0.4) is 0 Å². The number of hydrogen-bond acceptors (Lipinski definition) is 3. The number of benzene rings is 1. The third kappa shape index (κ3) is 3.90. The average molecular weight is 290 g/mol. The smallest absolute Gasteiger partial charge is 0.161 e. The number of ether oxygens (including phenoxy) is 2. The van der Waals surface area contributed by atoms with Gasteiger partial charge in [-0.15, -0.1) is 0 Å². The van der Waals surface area contributed by atoms with E-state index in [1.807, 2.05) is 19.1 Å². The van der Waals surface area contributed by atoms with Crippen molar-refractivity contribution in [2.75, 3.05) is 6.61 Å². The molecule has 0 saturated heterocycles. The van der Waals surface area contributed by atoms with E-state index in [1.165, 1.54) is 6.42 Å². The van der Waals surface area contributed by atoms with Crippen LogP contribution in [0.2, 0.25) is 0 Å². The summed E-state index contributed by atoms with van der Waals surface area (Å²) in [5.74, 6) is 2.94. The predicted molar refractivity (Wildman–Crippen MR) is 85.2 cm³/mol. The maximum Gasteiger partial charge on any atom is 0.161 e. The third-order valence-corrected chi connectivity index (χ3v) is 4.40. The van der Waals surface area contributed by atoms with Gasteiger partial charge >= 0.3 is 0 Å². The minimum Gasteiger partial charge on any atom is -0.490 e. The summed E-state index contributed by atoms with van der Waals surface area (Å²) in [4.78, 5) is 0. The molecule has 0 amide bonds. The Morgan fingerprint density at radius 1 is 1.24 bits per heavy atom. The minimum absolute atomic E-state index is 0.0441. The van der Waals surface area contributed by atoms with Crippen molar-refractivity contribution >= 4 is 5.84 Å². The second-order valence-corrected chi connectivity index (χ2v) is 6.02. The highest BCUT2D eigenvalue weighted by molar-refractivity contribution is 5.95. The summed E-state index contributed by atoms with van der Waals surface area (Å²) in [7, 11) is 0. The molecule has 4 nitrogen and oxygen atoms in total. The molecule has 116 valence electrons. The van der Waals surface area contributed by atoms with Crippen molar-refractivity contribution in [2.45, 2.75) is 46.1 Å². The lowest BCUT2D eigenvalue weighted by Crippen LogP contribution is -2.29. The van der Waals surface area contributed by atoms with E-state index in [0.717, 1.165) is 24.5 Å². The fourth-order valence-corrected chi connectivity index (χ4v) is 2.83. The zero-order valence-electron chi connectivity index (χ0n) is 13.2. The zero-order valence-corrected chi connectivity index (χ0v) is 13.2. The molecule has 1 fully saturated rings. The van der Waals surface area contributed by atoms with Crippen molar-refractivity contribution in [3.63, 3.8) is 0 Å². The van der Waals surface area contributed by atoms with Gasteiger partial charge in [-0.1, -0.05) is 13.8 Å². The maximum absolute atomic E-state index is 7.52. The van der Waals surface area contributed by atoms with Gasteiger partial charge in [0, 0.05) is 5.56 Å². The van der Waals surface area contributed by atoms with Crippen molar-refractivity contribution < 1.29 is 9.47 Å². The molecule has 21 heavy (non-hydrogen) atoms. The Labute approximate surface area is 127 Å². The minimum atomic E-state index is 0.0441. The summed E-state index contributed by atoms with van der Waals surface area (Å²) in [6.07, 6.45) is 3.63. The zero-order chi connectivity index (χ0) is 15.4. The molecule has 3 N–H and O–H groups in total. The van der Waals surface area contributed by atoms with Crippen molar-refractivity contribution in [2.24, 2.45) is 17.6 Å². The van der Waals surface area contributed by atoms with Gasteiger partial charge in [-0.05, 0) is 56.2 Å². The Morgan fingerprint density at radius 3 is 2.62 bits per heavy atom. The average Bonchev–Trinajstić information content (AvgIpc) is 2.45. The summed E-state index contributed by atoms with van der Waals surface area (Å²) < 4.78 is 11.8. The summed E-state index contributed by atoms with van der Waals surface area (Å²) in [6, 6.07) is 5.47. The lowest BCUT2D eigenvalue weighted by Gasteiger charge is -2.32. The highest BCUT2D eigenvalue weighted by Crippen LogP contribution is 2.35. The molecular weight excluding hydrogens is 264 g/mol. The SMILES string of the molecule is CCOc1cc(C(=N)N)ccc1OC1CCC(C)C(C)C1. The Hall–Kier alpha value is -1.71. The van der Waals surface area contributed by atoms with Gasteiger partial charge in [0.25, 0.3) is 0 Å². The first kappa shape index (κ1) is 15.7. The normalized spacial score (nSPS) is 25.4. The number of rotatable bonds is 5. The van der Waals surface area contributed by atoms with Crippen molar-refractivity contribution in [1.82, 2.24) is 0 Å². The first-order valence-electron chi connectivity index (χ1n) is 7.79. The van der Waals surface area contributed by atoms with Crippen LogP contribution in [0.25, 0.3) is 0 Å². The number of amidine groups is 1. The Bertz CT molecular complexity index is 502. The van der Waals surface area contributed by atoms with Gasteiger partial charge in [-0.2, -0.15) is 0 Å². The summed E-state index contributed by atoms with van der Waals surface area (Å²) >= 11 is 0. The first-order chi connectivity index (χ1) is 10.0. The molecule has 1 aliphatic rings. The fraction of sp³-hybridized carbons (Fsp3) is 0.588. The van der Waals surface area contributed by atoms with Gasteiger partial charge < -0.3 is 15.2 Å². The highest BCUT2D eigenvalue weighted by atomic mass is 16.5. The molecule has 0 bridgehead atoms. The Kier molecular flexibility index (Phi) is 5.10. The van der Waals surface area contributed by atoms with Crippen molar-refractivity contribution in [3.05, 3.63) is 23.8 Å². The maximum atomic E-state index is 7.52. The van der Waals surface area contributed by atoms with Crippen LogP contribution in [-0.2, 0) is 0 Å². The van der Waals surface area contributed by atoms with Gasteiger partial charge in [0.2, 0.25) is 0 Å².